The summed E-state index contributed by atoms with van der Waals surface area (Å²) in [5, 5.41) is 11.1. The maximum atomic E-state index is 5.95. The maximum absolute atomic E-state index is 5.95. The minimum atomic E-state index is 0.762. The van der Waals surface area contributed by atoms with Crippen LogP contribution in [0.4, 0.5) is 0 Å². The number of ether oxygens (including phenoxy) is 2. The molecule has 4 nitrogen and oxygen atoms in total. The van der Waals surface area contributed by atoms with Gasteiger partial charge in [-0.1, -0.05) is 78.1 Å². The predicted octanol–water partition coefficient (Wildman–Crippen LogP) is 8.26. The van der Waals surface area contributed by atoms with Gasteiger partial charge in [0.2, 0.25) is 0 Å². The Morgan fingerprint density at radius 2 is 0.938 bits per heavy atom. The van der Waals surface area contributed by atoms with Crippen LogP contribution in [0, 0.1) is 0 Å². The van der Waals surface area contributed by atoms with Gasteiger partial charge < -0.3 is 9.47 Å². The van der Waals surface area contributed by atoms with Crippen molar-refractivity contribution in [1.82, 2.24) is 10.2 Å². The van der Waals surface area contributed by atoms with Crippen molar-refractivity contribution in [3.05, 3.63) is 36.4 Å². The maximum Gasteiger partial charge on any atom is 0.121 e. The van der Waals surface area contributed by atoms with Gasteiger partial charge in [-0.2, -0.15) is 0 Å². The molecule has 0 bridgehead atoms. The third-order valence-electron chi connectivity index (χ3n) is 6.03. The van der Waals surface area contributed by atoms with Crippen LogP contribution < -0.4 is 9.47 Å². The number of rotatable bonds is 16. The molecule has 1 heterocycles. The van der Waals surface area contributed by atoms with E-state index in [-0.39, 0.29) is 0 Å². The zero-order chi connectivity index (χ0) is 22.4. The zero-order valence-corrected chi connectivity index (χ0v) is 20.1. The monoisotopic (exact) mass is 436 g/mol. The second-order valence-electron chi connectivity index (χ2n) is 8.79. The molecule has 174 valence electrons. The summed E-state index contributed by atoms with van der Waals surface area (Å²) >= 11 is 0. The number of fused-ring (bicyclic) bond motifs is 3. The first-order valence-electron chi connectivity index (χ1n) is 12.8. The van der Waals surface area contributed by atoms with E-state index < -0.39 is 0 Å². The Labute approximate surface area is 193 Å². The molecule has 1 aromatic heterocycles. The number of aromatic nitrogens is 2. The van der Waals surface area contributed by atoms with Crippen LogP contribution in [0.15, 0.2) is 36.4 Å². The van der Waals surface area contributed by atoms with Crippen molar-refractivity contribution in [3.8, 4) is 11.5 Å². The Hall–Kier alpha value is -2.36. The summed E-state index contributed by atoms with van der Waals surface area (Å²) in [6.45, 7) is 6.02. The van der Waals surface area contributed by atoms with E-state index in [1.165, 1.54) is 64.2 Å². The molecule has 0 atom stereocenters. The van der Waals surface area contributed by atoms with Gasteiger partial charge in [0, 0.05) is 22.9 Å². The Balaban J connectivity index is 1.51. The molecule has 0 unspecified atom stereocenters. The third-order valence-corrected chi connectivity index (χ3v) is 6.03. The highest BCUT2D eigenvalue weighted by atomic mass is 16.5. The fourth-order valence-electron chi connectivity index (χ4n) is 4.08. The van der Waals surface area contributed by atoms with Crippen LogP contribution in [0.5, 0.6) is 11.5 Å². The van der Waals surface area contributed by atoms with Gasteiger partial charge in [0.15, 0.2) is 0 Å². The molecule has 0 spiro atoms. The molecule has 32 heavy (non-hydrogen) atoms. The molecule has 0 aliphatic carbocycles. The lowest BCUT2D eigenvalue weighted by atomic mass is 10.1. The molecular weight excluding hydrogens is 396 g/mol. The highest BCUT2D eigenvalue weighted by molar-refractivity contribution is 6.04. The fourth-order valence-corrected chi connectivity index (χ4v) is 4.08. The summed E-state index contributed by atoms with van der Waals surface area (Å²) in [6, 6.07) is 12.3. The molecule has 3 aromatic rings. The van der Waals surface area contributed by atoms with Crippen LogP contribution in [-0.2, 0) is 0 Å². The van der Waals surface area contributed by atoms with Crippen LogP contribution in [0.25, 0.3) is 21.8 Å². The van der Waals surface area contributed by atoms with E-state index in [4.69, 9.17) is 9.47 Å². The Bertz CT molecular complexity index is 865. The summed E-state index contributed by atoms with van der Waals surface area (Å²) in [6.07, 6.45) is 15.2. The molecular formula is C28H40N2O2. The summed E-state index contributed by atoms with van der Waals surface area (Å²) in [7, 11) is 0. The van der Waals surface area contributed by atoms with Crippen LogP contribution in [0.2, 0.25) is 0 Å². The van der Waals surface area contributed by atoms with E-state index in [0.29, 0.717) is 0 Å². The SMILES string of the molecule is CCCCCCCCOc1ccc2c(c1)nnc1cc(OCCCCCCCC)ccc12. The first-order chi connectivity index (χ1) is 15.8. The van der Waals surface area contributed by atoms with Crippen LogP contribution in [0.3, 0.4) is 0 Å². The quantitative estimate of drug-likeness (QED) is 0.167. The zero-order valence-electron chi connectivity index (χ0n) is 20.1. The number of nitrogens with zero attached hydrogens (tertiary/aromatic N) is 2. The first-order valence-corrected chi connectivity index (χ1v) is 12.8. The Kier molecular flexibility index (Phi) is 10.6. The second-order valence-corrected chi connectivity index (χ2v) is 8.79. The first kappa shape index (κ1) is 24.3. The average Bonchev–Trinajstić information content (AvgIpc) is 2.82. The predicted molar refractivity (Wildman–Crippen MR) is 135 cm³/mol. The topological polar surface area (TPSA) is 44.2 Å². The number of hydrogen-bond acceptors (Lipinski definition) is 4. The van der Waals surface area contributed by atoms with Gasteiger partial charge in [-0.15, -0.1) is 10.2 Å². The van der Waals surface area contributed by atoms with E-state index in [2.05, 4.69) is 36.2 Å². The van der Waals surface area contributed by atoms with Crippen molar-refractivity contribution < 1.29 is 9.47 Å². The lowest BCUT2D eigenvalue weighted by Crippen LogP contribution is -1.99. The number of benzene rings is 2. The van der Waals surface area contributed by atoms with E-state index in [0.717, 1.165) is 59.4 Å². The van der Waals surface area contributed by atoms with Crippen molar-refractivity contribution in [2.24, 2.45) is 0 Å². The van der Waals surface area contributed by atoms with Crippen molar-refractivity contribution in [1.29, 1.82) is 0 Å². The Morgan fingerprint density at radius 3 is 1.38 bits per heavy atom. The van der Waals surface area contributed by atoms with E-state index >= 15 is 0 Å². The molecule has 0 N–H and O–H groups in total. The van der Waals surface area contributed by atoms with Gasteiger partial charge >= 0.3 is 0 Å². The Morgan fingerprint density at radius 1 is 0.531 bits per heavy atom. The van der Waals surface area contributed by atoms with E-state index in [1.807, 2.05) is 24.3 Å². The molecule has 0 radical (unpaired) electrons. The standard InChI is InChI=1S/C28H40N2O2/c1-3-5-7-9-11-13-19-31-23-15-17-25-26-18-16-24(22-28(26)30-29-27(25)21-23)32-20-14-12-10-8-6-4-2/h15-18,21-22H,3-14,19-20H2,1-2H3. The molecule has 0 aliphatic rings. The molecule has 0 saturated carbocycles. The summed E-state index contributed by atoms with van der Waals surface area (Å²) in [5.41, 5.74) is 1.75. The second kappa shape index (κ2) is 13.9. The van der Waals surface area contributed by atoms with E-state index in [9.17, 15) is 0 Å². The molecule has 3 rings (SSSR count). The van der Waals surface area contributed by atoms with E-state index in [1.54, 1.807) is 0 Å². The molecule has 0 saturated heterocycles. The number of unbranched alkanes of at least 4 members (excludes halogenated alkanes) is 10. The molecule has 0 aliphatic heterocycles. The summed E-state index contributed by atoms with van der Waals surface area (Å²) in [5.74, 6) is 1.75. The van der Waals surface area contributed by atoms with Crippen molar-refractivity contribution in [3.63, 3.8) is 0 Å². The summed E-state index contributed by atoms with van der Waals surface area (Å²) in [4.78, 5) is 0. The molecule has 0 fully saturated rings. The number of hydrogen-bond donors (Lipinski definition) is 0. The van der Waals surface area contributed by atoms with Crippen LogP contribution in [-0.4, -0.2) is 23.4 Å². The smallest absolute Gasteiger partial charge is 0.121 e. The van der Waals surface area contributed by atoms with Crippen LogP contribution >= 0.6 is 0 Å². The van der Waals surface area contributed by atoms with Crippen molar-refractivity contribution in [2.45, 2.75) is 90.9 Å². The van der Waals surface area contributed by atoms with Gasteiger partial charge in [0.25, 0.3) is 0 Å². The lowest BCUT2D eigenvalue weighted by molar-refractivity contribution is 0.304. The fraction of sp³-hybridized carbons (Fsp3) is 0.571. The molecule has 2 aromatic carbocycles. The third kappa shape index (κ3) is 7.65. The summed E-state index contributed by atoms with van der Waals surface area (Å²) < 4.78 is 11.9. The van der Waals surface area contributed by atoms with Crippen LogP contribution in [0.1, 0.15) is 90.9 Å². The minimum Gasteiger partial charge on any atom is -0.494 e. The van der Waals surface area contributed by atoms with Crippen molar-refractivity contribution >= 4 is 21.8 Å². The van der Waals surface area contributed by atoms with Gasteiger partial charge in [0.05, 0.1) is 24.2 Å². The highest BCUT2D eigenvalue weighted by Gasteiger charge is 2.07. The van der Waals surface area contributed by atoms with Crippen molar-refractivity contribution in [2.75, 3.05) is 13.2 Å². The van der Waals surface area contributed by atoms with Gasteiger partial charge in [-0.05, 0) is 37.1 Å². The average molecular weight is 437 g/mol. The largest absolute Gasteiger partial charge is 0.494 e. The van der Waals surface area contributed by atoms with Gasteiger partial charge in [-0.25, -0.2) is 0 Å². The normalized spacial score (nSPS) is 11.3. The minimum absolute atomic E-state index is 0.762. The molecule has 4 heteroatoms. The highest BCUT2D eigenvalue weighted by Crippen LogP contribution is 2.28. The lowest BCUT2D eigenvalue weighted by Gasteiger charge is -2.09. The van der Waals surface area contributed by atoms with Gasteiger partial charge in [-0.3, -0.25) is 0 Å². The molecule has 0 amide bonds. The van der Waals surface area contributed by atoms with Gasteiger partial charge in [0.1, 0.15) is 11.5 Å².